The largest absolute Gasteiger partial charge is 0.419 e. The Bertz CT molecular complexity index is 1370. The number of hydrogen-bond acceptors (Lipinski definition) is 5. The van der Waals surface area contributed by atoms with Crippen LogP contribution >= 0.6 is 11.6 Å². The first kappa shape index (κ1) is 21.1. The van der Waals surface area contributed by atoms with E-state index in [1.165, 1.54) is 0 Å². The lowest BCUT2D eigenvalue weighted by Crippen LogP contribution is -2.33. The van der Waals surface area contributed by atoms with Gasteiger partial charge in [-0.15, -0.1) is 10.2 Å². The van der Waals surface area contributed by atoms with E-state index >= 15 is 0 Å². The van der Waals surface area contributed by atoms with Crippen molar-refractivity contribution in [2.24, 2.45) is 0 Å². The molecule has 2 heterocycles. The van der Waals surface area contributed by atoms with Gasteiger partial charge in [-0.2, -0.15) is 5.10 Å². The topological polar surface area (TPSA) is 77.1 Å². The molecule has 7 nitrogen and oxygen atoms in total. The van der Waals surface area contributed by atoms with Crippen molar-refractivity contribution in [3.8, 4) is 17.1 Å². The average molecular weight is 474 g/mol. The summed E-state index contributed by atoms with van der Waals surface area (Å²) in [4.78, 5) is 15.6. The summed E-state index contributed by atoms with van der Waals surface area (Å²) < 4.78 is 7.88. The van der Waals surface area contributed by atoms with Crippen LogP contribution in [0.5, 0.6) is 0 Å². The second-order valence-corrected chi connectivity index (χ2v) is 9.43. The highest BCUT2D eigenvalue weighted by Gasteiger charge is 2.38. The molecule has 34 heavy (non-hydrogen) atoms. The lowest BCUT2D eigenvalue weighted by atomic mass is 10.1. The maximum atomic E-state index is 13.8. The van der Waals surface area contributed by atoms with Gasteiger partial charge in [-0.3, -0.25) is 4.79 Å². The summed E-state index contributed by atoms with van der Waals surface area (Å²) in [5.74, 6) is 0.777. The van der Waals surface area contributed by atoms with Crippen LogP contribution in [0.2, 0.25) is 5.02 Å². The quantitative estimate of drug-likeness (QED) is 0.385. The zero-order valence-electron chi connectivity index (χ0n) is 18.9. The summed E-state index contributed by atoms with van der Waals surface area (Å²) in [5, 5.41) is 13.9. The summed E-state index contributed by atoms with van der Waals surface area (Å²) in [6.45, 7) is 2.35. The highest BCUT2D eigenvalue weighted by molar-refractivity contribution is 6.30. The molecule has 0 bridgehead atoms. The average Bonchev–Trinajstić information content (AvgIpc) is 3.23. The van der Waals surface area contributed by atoms with Gasteiger partial charge >= 0.3 is 0 Å². The van der Waals surface area contributed by atoms with Gasteiger partial charge in [0.1, 0.15) is 0 Å². The fourth-order valence-electron chi connectivity index (χ4n) is 4.67. The van der Waals surface area contributed by atoms with E-state index in [4.69, 9.17) is 21.1 Å². The van der Waals surface area contributed by atoms with Crippen molar-refractivity contribution in [3.63, 3.8) is 0 Å². The van der Waals surface area contributed by atoms with Crippen molar-refractivity contribution in [2.45, 2.75) is 51.6 Å². The number of nitrogens with zero attached hydrogens (tertiary/aromatic N) is 5. The number of benzene rings is 2. The van der Waals surface area contributed by atoms with E-state index < -0.39 is 0 Å². The molecule has 2 aliphatic rings. The molecule has 0 aliphatic heterocycles. The number of rotatable bonds is 6. The van der Waals surface area contributed by atoms with Crippen LogP contribution < -0.4 is 0 Å². The van der Waals surface area contributed by atoms with E-state index in [9.17, 15) is 4.79 Å². The van der Waals surface area contributed by atoms with Gasteiger partial charge in [0.05, 0.1) is 12.2 Å². The Morgan fingerprint density at radius 2 is 1.91 bits per heavy atom. The van der Waals surface area contributed by atoms with Crippen molar-refractivity contribution in [3.05, 3.63) is 82.0 Å². The number of aromatic nitrogens is 4. The first-order chi connectivity index (χ1) is 16.6. The predicted octanol–water partition coefficient (Wildman–Crippen LogP) is 5.18. The van der Waals surface area contributed by atoms with E-state index in [2.05, 4.69) is 29.3 Å². The summed E-state index contributed by atoms with van der Waals surface area (Å²) in [7, 11) is 0. The third-order valence-corrected chi connectivity index (χ3v) is 6.84. The van der Waals surface area contributed by atoms with Crippen molar-refractivity contribution in [1.29, 1.82) is 0 Å². The zero-order valence-corrected chi connectivity index (χ0v) is 19.6. The van der Waals surface area contributed by atoms with Gasteiger partial charge in [0.2, 0.25) is 11.8 Å². The Labute approximate surface area is 202 Å². The molecule has 1 fully saturated rings. The van der Waals surface area contributed by atoms with Gasteiger partial charge in [-0.05, 0) is 74.9 Å². The van der Waals surface area contributed by atoms with Crippen LogP contribution in [0.1, 0.15) is 52.5 Å². The Kier molecular flexibility index (Phi) is 5.21. The molecule has 8 heteroatoms. The number of para-hydroxylation sites is 1. The molecule has 172 valence electrons. The summed E-state index contributed by atoms with van der Waals surface area (Å²) in [5.41, 5.74) is 5.74. The smallest absolute Gasteiger partial charge is 0.275 e. The minimum atomic E-state index is -0.0563. The monoisotopic (exact) mass is 473 g/mol. The second kappa shape index (κ2) is 8.40. The van der Waals surface area contributed by atoms with E-state index in [-0.39, 0.29) is 18.5 Å². The lowest BCUT2D eigenvalue weighted by Gasteiger charge is -2.20. The molecule has 6 rings (SSSR count). The highest BCUT2D eigenvalue weighted by Crippen LogP contribution is 2.34. The molecule has 0 N–H and O–H groups in total. The van der Waals surface area contributed by atoms with Crippen molar-refractivity contribution in [2.75, 3.05) is 0 Å². The normalized spacial score (nSPS) is 14.9. The number of hydrogen-bond donors (Lipinski definition) is 0. The maximum Gasteiger partial charge on any atom is 0.275 e. The van der Waals surface area contributed by atoms with Crippen LogP contribution in [0.4, 0.5) is 0 Å². The first-order valence-electron chi connectivity index (χ1n) is 11.6. The van der Waals surface area contributed by atoms with E-state index in [0.29, 0.717) is 22.5 Å². The van der Waals surface area contributed by atoms with Gasteiger partial charge < -0.3 is 9.32 Å². The number of fused-ring (bicyclic) bond motifs is 1. The molecule has 0 spiro atoms. The van der Waals surface area contributed by atoms with Crippen LogP contribution in [0.3, 0.4) is 0 Å². The molecule has 1 saturated carbocycles. The fourth-order valence-corrected chi connectivity index (χ4v) is 4.80. The first-order valence-corrected chi connectivity index (χ1v) is 12.0. The van der Waals surface area contributed by atoms with Gasteiger partial charge in [0.25, 0.3) is 5.91 Å². The van der Waals surface area contributed by atoms with Crippen LogP contribution in [-0.4, -0.2) is 36.8 Å². The van der Waals surface area contributed by atoms with Crippen LogP contribution in [0.25, 0.3) is 17.1 Å². The minimum absolute atomic E-state index is 0.0563. The maximum absolute atomic E-state index is 13.8. The molecule has 2 aromatic heterocycles. The highest BCUT2D eigenvalue weighted by atomic mass is 35.5. The van der Waals surface area contributed by atoms with Crippen LogP contribution in [-0.2, 0) is 19.4 Å². The van der Waals surface area contributed by atoms with Crippen molar-refractivity contribution >= 4 is 17.5 Å². The molecule has 0 atom stereocenters. The van der Waals surface area contributed by atoms with Crippen LogP contribution in [0, 0.1) is 6.92 Å². The number of carbonyl (C=O) groups is 1. The Balaban J connectivity index is 1.30. The number of carbonyl (C=O) groups excluding carboxylic acids is 1. The third-order valence-electron chi connectivity index (χ3n) is 6.59. The van der Waals surface area contributed by atoms with Crippen molar-refractivity contribution in [1.82, 2.24) is 24.9 Å². The van der Waals surface area contributed by atoms with Crippen LogP contribution in [0.15, 0.2) is 52.9 Å². The van der Waals surface area contributed by atoms with E-state index in [1.807, 2.05) is 33.8 Å². The molecule has 2 aliphatic carbocycles. The van der Waals surface area contributed by atoms with E-state index in [0.717, 1.165) is 60.2 Å². The molecule has 0 saturated heterocycles. The molecular weight excluding hydrogens is 450 g/mol. The zero-order chi connectivity index (χ0) is 23.2. The lowest BCUT2D eigenvalue weighted by molar-refractivity contribution is 0.0707. The Hall–Kier alpha value is -3.45. The summed E-state index contributed by atoms with van der Waals surface area (Å²) in [6.07, 6.45) is 4.80. The van der Waals surface area contributed by atoms with Gasteiger partial charge in [-0.1, -0.05) is 29.8 Å². The minimum Gasteiger partial charge on any atom is -0.419 e. The fraction of sp³-hybridized carbons (Fsp3) is 0.308. The number of amides is 1. The molecular formula is C26H24ClN5O2. The number of aryl methyl sites for hydroxylation is 1. The van der Waals surface area contributed by atoms with E-state index in [1.54, 1.807) is 12.1 Å². The van der Waals surface area contributed by atoms with Gasteiger partial charge in [0.15, 0.2) is 5.69 Å². The Morgan fingerprint density at radius 3 is 2.68 bits per heavy atom. The molecule has 4 aromatic rings. The SMILES string of the molecule is Cc1ccccc1-n1nc(C(=O)N(Cc2nnc(-c3ccc(Cl)cc3)o2)C2CC2)c2c1CCC2. The van der Waals surface area contributed by atoms with Crippen molar-refractivity contribution < 1.29 is 9.21 Å². The summed E-state index contributed by atoms with van der Waals surface area (Å²) >= 11 is 5.98. The molecule has 0 unspecified atom stereocenters. The third kappa shape index (κ3) is 3.80. The second-order valence-electron chi connectivity index (χ2n) is 9.00. The molecule has 1 amide bonds. The number of halogens is 1. The molecule has 2 aromatic carbocycles. The van der Waals surface area contributed by atoms with Gasteiger partial charge in [0, 0.05) is 27.9 Å². The standard InChI is InChI=1S/C26H24ClN5O2/c1-16-5-2-3-7-21(16)32-22-8-4-6-20(22)24(30-32)26(33)31(19-13-14-19)15-23-28-29-25(34-23)17-9-11-18(27)12-10-17/h2-3,5,7,9-12,19H,4,6,8,13-15H2,1H3. The van der Waals surface area contributed by atoms with Gasteiger partial charge in [-0.25, -0.2) is 4.68 Å². The molecule has 0 radical (unpaired) electrons. The summed E-state index contributed by atoms with van der Waals surface area (Å²) in [6, 6.07) is 15.6. The predicted molar refractivity (Wildman–Crippen MR) is 128 cm³/mol. The Morgan fingerprint density at radius 1 is 1.12 bits per heavy atom.